The lowest BCUT2D eigenvalue weighted by Gasteiger charge is -2.30. The molecule has 2 nitrogen and oxygen atoms in total. The van der Waals surface area contributed by atoms with Gasteiger partial charge in [0.15, 0.2) is 0 Å². The van der Waals surface area contributed by atoms with Gasteiger partial charge in [-0.3, -0.25) is 4.21 Å². The number of nitrogens with one attached hydrogen (secondary N) is 1. The van der Waals surface area contributed by atoms with E-state index in [1.165, 1.54) is 11.1 Å². The molecule has 3 heteroatoms. The summed E-state index contributed by atoms with van der Waals surface area (Å²) in [6.45, 7) is 8.72. The highest BCUT2D eigenvalue weighted by atomic mass is 32.2. The third kappa shape index (κ3) is 2.77. The van der Waals surface area contributed by atoms with Crippen molar-refractivity contribution in [2.24, 2.45) is 5.41 Å². The molecular formula is C16H25NOS. The standard InChI is InChI=1S/C16H25NOS/c1-11-6-7-13(10-12(11)2)19(18)14-8-9-16(3,4)15(14)17-5/h6-7,10,14-15,17H,8-9H2,1-5H3. The van der Waals surface area contributed by atoms with E-state index in [-0.39, 0.29) is 10.7 Å². The number of hydrogen-bond donors (Lipinski definition) is 1. The summed E-state index contributed by atoms with van der Waals surface area (Å²) in [5.41, 5.74) is 2.72. The van der Waals surface area contributed by atoms with Crippen molar-refractivity contribution in [2.75, 3.05) is 7.05 Å². The second kappa shape index (κ2) is 5.37. The summed E-state index contributed by atoms with van der Waals surface area (Å²) < 4.78 is 12.8. The van der Waals surface area contributed by atoms with Crippen LogP contribution < -0.4 is 5.32 Å². The van der Waals surface area contributed by atoms with Gasteiger partial charge in [0.2, 0.25) is 0 Å². The van der Waals surface area contributed by atoms with Gasteiger partial charge in [-0.1, -0.05) is 19.9 Å². The van der Waals surface area contributed by atoms with Crippen molar-refractivity contribution in [1.29, 1.82) is 0 Å². The molecule has 19 heavy (non-hydrogen) atoms. The predicted octanol–water partition coefficient (Wildman–Crippen LogP) is 3.19. The molecule has 0 bridgehead atoms. The van der Waals surface area contributed by atoms with Crippen LogP contribution in [0.4, 0.5) is 0 Å². The van der Waals surface area contributed by atoms with Crippen LogP contribution in [0, 0.1) is 19.3 Å². The summed E-state index contributed by atoms with van der Waals surface area (Å²) in [6.07, 6.45) is 2.18. The van der Waals surface area contributed by atoms with Crippen molar-refractivity contribution in [3.63, 3.8) is 0 Å². The van der Waals surface area contributed by atoms with Crippen molar-refractivity contribution in [3.05, 3.63) is 29.3 Å². The summed E-state index contributed by atoms with van der Waals surface area (Å²) in [7, 11) is 1.07. The monoisotopic (exact) mass is 279 g/mol. The SMILES string of the molecule is CNC1C(S(=O)c2ccc(C)c(C)c2)CCC1(C)C. The van der Waals surface area contributed by atoms with Gasteiger partial charge >= 0.3 is 0 Å². The first-order valence-electron chi connectivity index (χ1n) is 7.02. The van der Waals surface area contributed by atoms with Crippen LogP contribution in [0.1, 0.15) is 37.8 Å². The van der Waals surface area contributed by atoms with Crippen molar-refractivity contribution in [2.45, 2.75) is 56.7 Å². The molecule has 0 amide bonds. The second-order valence-electron chi connectivity index (χ2n) is 6.38. The molecule has 1 aliphatic rings. The molecule has 0 aliphatic heterocycles. The van der Waals surface area contributed by atoms with E-state index in [0.29, 0.717) is 6.04 Å². The first kappa shape index (κ1) is 14.7. The largest absolute Gasteiger partial charge is 0.315 e. The Labute approximate surface area is 119 Å². The molecule has 0 saturated heterocycles. The average molecular weight is 279 g/mol. The zero-order valence-electron chi connectivity index (χ0n) is 12.6. The molecular weight excluding hydrogens is 254 g/mol. The molecule has 106 valence electrons. The highest BCUT2D eigenvalue weighted by Gasteiger charge is 2.44. The van der Waals surface area contributed by atoms with E-state index in [2.05, 4.69) is 45.1 Å². The molecule has 1 aliphatic carbocycles. The van der Waals surface area contributed by atoms with Crippen molar-refractivity contribution in [3.8, 4) is 0 Å². The van der Waals surface area contributed by atoms with Crippen molar-refractivity contribution in [1.82, 2.24) is 5.32 Å². The van der Waals surface area contributed by atoms with Crippen LogP contribution in [0.5, 0.6) is 0 Å². The topological polar surface area (TPSA) is 29.1 Å². The molecule has 2 rings (SSSR count). The maximum absolute atomic E-state index is 12.8. The van der Waals surface area contributed by atoms with Gasteiger partial charge in [0.1, 0.15) is 0 Å². The van der Waals surface area contributed by atoms with E-state index in [1.54, 1.807) is 0 Å². The van der Waals surface area contributed by atoms with E-state index in [9.17, 15) is 4.21 Å². The van der Waals surface area contributed by atoms with E-state index < -0.39 is 10.8 Å². The summed E-state index contributed by atoms with van der Waals surface area (Å²) in [6, 6.07) is 6.52. The van der Waals surface area contributed by atoms with Crippen LogP contribution in [0.3, 0.4) is 0 Å². The van der Waals surface area contributed by atoms with E-state index >= 15 is 0 Å². The third-order valence-corrected chi connectivity index (χ3v) is 6.36. The Bertz CT molecular complexity index is 496. The summed E-state index contributed by atoms with van der Waals surface area (Å²) >= 11 is 0. The smallest absolute Gasteiger partial charge is 0.0576 e. The summed E-state index contributed by atoms with van der Waals surface area (Å²) in [5, 5.41) is 3.61. The van der Waals surface area contributed by atoms with Crippen LogP contribution in [0.15, 0.2) is 23.1 Å². The molecule has 1 fully saturated rings. The molecule has 1 aromatic carbocycles. The fourth-order valence-electron chi connectivity index (χ4n) is 3.16. The third-order valence-electron chi connectivity index (χ3n) is 4.58. The lowest BCUT2D eigenvalue weighted by molar-refractivity contribution is 0.299. The van der Waals surface area contributed by atoms with Crippen LogP contribution in [-0.2, 0) is 10.8 Å². The maximum atomic E-state index is 12.8. The zero-order chi connectivity index (χ0) is 14.2. The van der Waals surface area contributed by atoms with Gasteiger partial charge in [0.05, 0.1) is 16.0 Å². The van der Waals surface area contributed by atoms with Gasteiger partial charge in [-0.2, -0.15) is 0 Å². The Morgan fingerprint density at radius 2 is 1.95 bits per heavy atom. The van der Waals surface area contributed by atoms with Gasteiger partial charge in [-0.05, 0) is 62.4 Å². The van der Waals surface area contributed by atoms with Gasteiger partial charge in [0.25, 0.3) is 0 Å². The number of aryl methyl sites for hydroxylation is 2. The fourth-order valence-corrected chi connectivity index (χ4v) is 5.09. The minimum absolute atomic E-state index is 0.224. The van der Waals surface area contributed by atoms with E-state index in [4.69, 9.17) is 0 Å². The first-order valence-corrected chi connectivity index (χ1v) is 8.23. The zero-order valence-corrected chi connectivity index (χ0v) is 13.4. The lowest BCUT2D eigenvalue weighted by Crippen LogP contribution is -2.44. The Hall–Kier alpha value is -0.670. The molecule has 1 saturated carbocycles. The molecule has 0 heterocycles. The van der Waals surface area contributed by atoms with Crippen molar-refractivity contribution < 1.29 is 4.21 Å². The van der Waals surface area contributed by atoms with Crippen LogP contribution >= 0.6 is 0 Å². The average Bonchev–Trinajstić information content (AvgIpc) is 2.66. The highest BCUT2D eigenvalue weighted by Crippen LogP contribution is 2.41. The van der Waals surface area contributed by atoms with Gasteiger partial charge < -0.3 is 5.32 Å². The predicted molar refractivity (Wildman–Crippen MR) is 82.0 cm³/mol. The van der Waals surface area contributed by atoms with Crippen LogP contribution in [0.25, 0.3) is 0 Å². The molecule has 3 atom stereocenters. The normalized spacial score (nSPS) is 27.4. The Morgan fingerprint density at radius 1 is 1.26 bits per heavy atom. The number of hydrogen-bond acceptors (Lipinski definition) is 2. The molecule has 0 aromatic heterocycles. The minimum Gasteiger partial charge on any atom is -0.315 e. The fraction of sp³-hybridized carbons (Fsp3) is 0.625. The summed E-state index contributed by atoms with van der Waals surface area (Å²) in [4.78, 5) is 0.978. The quantitative estimate of drug-likeness (QED) is 0.920. The molecule has 0 spiro atoms. The van der Waals surface area contributed by atoms with Gasteiger partial charge in [0, 0.05) is 10.9 Å². The maximum Gasteiger partial charge on any atom is 0.0576 e. The van der Waals surface area contributed by atoms with E-state index in [0.717, 1.165) is 17.7 Å². The Kier molecular flexibility index (Phi) is 4.17. The van der Waals surface area contributed by atoms with Crippen molar-refractivity contribution >= 4 is 10.8 Å². The number of benzene rings is 1. The second-order valence-corrected chi connectivity index (χ2v) is 8.05. The highest BCUT2D eigenvalue weighted by molar-refractivity contribution is 7.85. The van der Waals surface area contributed by atoms with Crippen LogP contribution in [-0.4, -0.2) is 22.5 Å². The lowest BCUT2D eigenvalue weighted by atomic mass is 9.87. The van der Waals surface area contributed by atoms with E-state index in [1.807, 2.05) is 13.1 Å². The number of rotatable bonds is 3. The Balaban J connectivity index is 2.27. The molecule has 0 radical (unpaired) electrons. The summed E-state index contributed by atoms with van der Waals surface area (Å²) in [5.74, 6) is 0. The molecule has 1 N–H and O–H groups in total. The Morgan fingerprint density at radius 3 is 2.53 bits per heavy atom. The van der Waals surface area contributed by atoms with Crippen LogP contribution in [0.2, 0.25) is 0 Å². The molecule has 1 aromatic rings. The van der Waals surface area contributed by atoms with Gasteiger partial charge in [-0.25, -0.2) is 0 Å². The minimum atomic E-state index is -0.916. The van der Waals surface area contributed by atoms with Gasteiger partial charge in [-0.15, -0.1) is 0 Å². The first-order chi connectivity index (χ1) is 8.86. The molecule has 3 unspecified atom stereocenters.